The first-order valence-corrected chi connectivity index (χ1v) is 7.60. The maximum Gasteiger partial charge on any atom is 0.239 e. The Labute approximate surface area is 119 Å². The van der Waals surface area contributed by atoms with Crippen LogP contribution in [0.2, 0.25) is 0 Å². The first kappa shape index (κ1) is 14.5. The van der Waals surface area contributed by atoms with Crippen molar-refractivity contribution in [2.75, 3.05) is 5.32 Å². The normalized spacial score (nSPS) is 13.7. The van der Waals surface area contributed by atoms with Gasteiger partial charge >= 0.3 is 0 Å². The second-order valence-corrected chi connectivity index (χ2v) is 6.21. The number of anilines is 1. The van der Waals surface area contributed by atoms with Crippen molar-refractivity contribution in [3.05, 3.63) is 47.9 Å². The summed E-state index contributed by atoms with van der Waals surface area (Å²) in [5, 5.41) is 5.90. The largest absolute Gasteiger partial charge is 0.361 e. The van der Waals surface area contributed by atoms with Crippen LogP contribution in [-0.2, 0) is 21.3 Å². The predicted molar refractivity (Wildman–Crippen MR) is 77.6 cm³/mol. The van der Waals surface area contributed by atoms with Gasteiger partial charge in [0, 0.05) is 22.6 Å². The van der Waals surface area contributed by atoms with Crippen molar-refractivity contribution < 1.29 is 13.5 Å². The SMILES string of the molecule is Cc1cc(CS(=O)C(C)C(=O)Nc2ccccc2)no1. The molecule has 6 heteroatoms. The number of aromatic nitrogens is 1. The fourth-order valence-electron chi connectivity index (χ4n) is 1.64. The number of carbonyl (C=O) groups is 1. The lowest BCUT2D eigenvalue weighted by Gasteiger charge is -2.11. The van der Waals surface area contributed by atoms with E-state index in [-0.39, 0.29) is 11.7 Å². The van der Waals surface area contributed by atoms with Crippen molar-refractivity contribution in [3.63, 3.8) is 0 Å². The van der Waals surface area contributed by atoms with Crippen LogP contribution in [0.25, 0.3) is 0 Å². The summed E-state index contributed by atoms with van der Waals surface area (Å²) in [5.41, 5.74) is 1.29. The molecule has 2 aromatic rings. The number of rotatable bonds is 5. The summed E-state index contributed by atoms with van der Waals surface area (Å²) < 4.78 is 17.0. The molecule has 106 valence electrons. The Morgan fingerprint density at radius 2 is 2.10 bits per heavy atom. The van der Waals surface area contributed by atoms with Crippen molar-refractivity contribution in [2.24, 2.45) is 0 Å². The second-order valence-electron chi connectivity index (χ2n) is 4.45. The Bertz CT molecular complexity index is 610. The number of hydrogen-bond donors (Lipinski definition) is 1. The summed E-state index contributed by atoms with van der Waals surface area (Å²) in [6.45, 7) is 3.41. The van der Waals surface area contributed by atoms with Gasteiger partial charge < -0.3 is 9.84 Å². The number of amides is 1. The third kappa shape index (κ3) is 3.77. The lowest BCUT2D eigenvalue weighted by Crippen LogP contribution is -2.29. The minimum Gasteiger partial charge on any atom is -0.361 e. The first-order chi connectivity index (χ1) is 9.56. The Balaban J connectivity index is 1.94. The molecular weight excluding hydrogens is 276 g/mol. The van der Waals surface area contributed by atoms with E-state index in [0.717, 1.165) is 0 Å². The van der Waals surface area contributed by atoms with Crippen LogP contribution in [-0.4, -0.2) is 20.5 Å². The average molecular weight is 292 g/mol. The van der Waals surface area contributed by atoms with Crippen molar-refractivity contribution >= 4 is 22.4 Å². The standard InChI is InChI=1S/C14H16N2O3S/c1-10-8-13(16-19-10)9-20(18)11(2)14(17)15-12-6-4-3-5-7-12/h3-8,11H,9H2,1-2H3,(H,15,17). The molecule has 0 aliphatic rings. The zero-order valence-corrected chi connectivity index (χ0v) is 12.1. The summed E-state index contributed by atoms with van der Waals surface area (Å²) >= 11 is 0. The molecular formula is C14H16N2O3S. The van der Waals surface area contributed by atoms with Crippen LogP contribution in [0.4, 0.5) is 5.69 Å². The molecule has 0 saturated carbocycles. The maximum atomic E-state index is 12.1. The molecule has 1 heterocycles. The fourth-order valence-corrected chi connectivity index (χ4v) is 2.62. The first-order valence-electron chi connectivity index (χ1n) is 6.21. The maximum absolute atomic E-state index is 12.1. The van der Waals surface area contributed by atoms with Crippen LogP contribution >= 0.6 is 0 Å². The zero-order chi connectivity index (χ0) is 14.5. The highest BCUT2D eigenvalue weighted by atomic mass is 32.2. The van der Waals surface area contributed by atoms with Gasteiger partial charge in [-0.25, -0.2) is 0 Å². The molecule has 0 saturated heterocycles. The van der Waals surface area contributed by atoms with Gasteiger partial charge in [0.1, 0.15) is 11.0 Å². The third-order valence-electron chi connectivity index (χ3n) is 2.77. The Morgan fingerprint density at radius 1 is 1.40 bits per heavy atom. The molecule has 1 aromatic heterocycles. The number of carbonyl (C=O) groups excluding carboxylic acids is 1. The number of para-hydroxylation sites is 1. The summed E-state index contributed by atoms with van der Waals surface area (Å²) in [4.78, 5) is 12.0. The molecule has 1 aromatic carbocycles. The van der Waals surface area contributed by atoms with Gasteiger partial charge in [0.25, 0.3) is 0 Å². The molecule has 0 spiro atoms. The van der Waals surface area contributed by atoms with Crippen molar-refractivity contribution in [1.29, 1.82) is 0 Å². The molecule has 2 rings (SSSR count). The lowest BCUT2D eigenvalue weighted by molar-refractivity contribution is -0.115. The molecule has 0 aliphatic heterocycles. The predicted octanol–water partition coefficient (Wildman–Crippen LogP) is 2.26. The van der Waals surface area contributed by atoms with E-state index in [1.54, 1.807) is 32.0 Å². The molecule has 0 aliphatic carbocycles. The molecule has 20 heavy (non-hydrogen) atoms. The summed E-state index contributed by atoms with van der Waals surface area (Å²) in [5.74, 6) is 0.605. The summed E-state index contributed by atoms with van der Waals surface area (Å²) in [6.07, 6.45) is 0. The monoisotopic (exact) mass is 292 g/mol. The van der Waals surface area contributed by atoms with Crippen LogP contribution < -0.4 is 5.32 Å². The van der Waals surface area contributed by atoms with Crippen molar-refractivity contribution in [3.8, 4) is 0 Å². The highest BCUT2D eigenvalue weighted by Crippen LogP contribution is 2.11. The van der Waals surface area contributed by atoms with Gasteiger partial charge in [-0.1, -0.05) is 23.4 Å². The second kappa shape index (κ2) is 6.47. The van der Waals surface area contributed by atoms with Gasteiger partial charge in [-0.3, -0.25) is 9.00 Å². The Hall–Kier alpha value is -1.95. The van der Waals surface area contributed by atoms with Crippen molar-refractivity contribution in [2.45, 2.75) is 24.9 Å². The van der Waals surface area contributed by atoms with Crippen molar-refractivity contribution in [1.82, 2.24) is 5.16 Å². The molecule has 1 N–H and O–H groups in total. The average Bonchev–Trinajstić information content (AvgIpc) is 2.84. The third-order valence-corrected chi connectivity index (χ3v) is 4.35. The van der Waals surface area contributed by atoms with Gasteiger partial charge in [0.15, 0.2) is 0 Å². The number of nitrogens with one attached hydrogen (secondary N) is 1. The van der Waals surface area contributed by atoms with Gasteiger partial charge in [-0.2, -0.15) is 0 Å². The molecule has 2 atom stereocenters. The number of nitrogens with zero attached hydrogens (tertiary/aromatic N) is 1. The topological polar surface area (TPSA) is 72.2 Å². The molecule has 0 radical (unpaired) electrons. The van der Waals surface area contributed by atoms with Crippen LogP contribution in [0.5, 0.6) is 0 Å². The van der Waals surface area contributed by atoms with Gasteiger partial charge in [-0.05, 0) is 26.0 Å². The Morgan fingerprint density at radius 3 is 2.70 bits per heavy atom. The van der Waals surface area contributed by atoms with E-state index in [1.807, 2.05) is 18.2 Å². The van der Waals surface area contributed by atoms with Gasteiger partial charge in [0.2, 0.25) is 5.91 Å². The molecule has 5 nitrogen and oxygen atoms in total. The van der Waals surface area contributed by atoms with E-state index in [2.05, 4.69) is 10.5 Å². The quantitative estimate of drug-likeness (QED) is 0.917. The lowest BCUT2D eigenvalue weighted by atomic mass is 10.3. The zero-order valence-electron chi connectivity index (χ0n) is 11.3. The van der Waals surface area contributed by atoms with E-state index in [1.165, 1.54) is 0 Å². The Kier molecular flexibility index (Phi) is 4.68. The highest BCUT2D eigenvalue weighted by molar-refractivity contribution is 7.85. The van der Waals surface area contributed by atoms with E-state index in [9.17, 15) is 9.00 Å². The van der Waals surface area contributed by atoms with Crippen LogP contribution in [0, 0.1) is 6.92 Å². The molecule has 0 fully saturated rings. The number of hydrogen-bond acceptors (Lipinski definition) is 4. The number of benzene rings is 1. The highest BCUT2D eigenvalue weighted by Gasteiger charge is 2.21. The van der Waals surface area contributed by atoms with E-state index in [4.69, 9.17) is 4.52 Å². The van der Waals surface area contributed by atoms with E-state index < -0.39 is 16.0 Å². The summed E-state index contributed by atoms with van der Waals surface area (Å²) in [6, 6.07) is 10.8. The fraction of sp³-hybridized carbons (Fsp3) is 0.286. The van der Waals surface area contributed by atoms with Crippen LogP contribution in [0.1, 0.15) is 18.4 Å². The molecule has 1 amide bonds. The van der Waals surface area contributed by atoms with E-state index >= 15 is 0 Å². The smallest absolute Gasteiger partial charge is 0.239 e. The minimum atomic E-state index is -1.34. The summed E-state index contributed by atoms with van der Waals surface area (Å²) in [7, 11) is -1.34. The molecule has 0 bridgehead atoms. The van der Waals surface area contributed by atoms with Gasteiger partial charge in [-0.15, -0.1) is 0 Å². The van der Waals surface area contributed by atoms with Crippen LogP contribution in [0.3, 0.4) is 0 Å². The number of aryl methyl sites for hydroxylation is 1. The van der Waals surface area contributed by atoms with Crippen LogP contribution in [0.15, 0.2) is 40.9 Å². The van der Waals surface area contributed by atoms with E-state index in [0.29, 0.717) is 17.1 Å². The minimum absolute atomic E-state index is 0.209. The van der Waals surface area contributed by atoms with Gasteiger partial charge in [0.05, 0.1) is 11.4 Å². The molecule has 2 unspecified atom stereocenters.